The lowest BCUT2D eigenvalue weighted by Gasteiger charge is -2.06. The molecule has 0 radical (unpaired) electrons. The molecule has 0 spiro atoms. The van der Waals surface area contributed by atoms with Gasteiger partial charge in [0.25, 0.3) is 0 Å². The van der Waals surface area contributed by atoms with Crippen LogP contribution in [0.5, 0.6) is 5.75 Å². The third-order valence-corrected chi connectivity index (χ3v) is 1.66. The average Bonchev–Trinajstić information content (AvgIpc) is 2.03. The van der Waals surface area contributed by atoms with Gasteiger partial charge < -0.3 is 15.8 Å². The lowest BCUT2D eigenvalue weighted by molar-refractivity contribution is 0.259. The number of methoxy groups -OCH3 is 1. The molecule has 0 fully saturated rings. The minimum absolute atomic E-state index is 0.565. The predicted molar refractivity (Wildman–Crippen MR) is 50.9 cm³/mol. The van der Waals surface area contributed by atoms with Gasteiger partial charge in [0.2, 0.25) is 0 Å². The second kappa shape index (κ2) is 3.80. The lowest BCUT2D eigenvalue weighted by Crippen LogP contribution is -2.19. The molecule has 1 aromatic carbocycles. The first kappa shape index (κ1) is 9.38. The number of ether oxygens (including phenoxy) is 1. The number of amides is 2. The van der Waals surface area contributed by atoms with E-state index in [0.717, 1.165) is 11.3 Å². The summed E-state index contributed by atoms with van der Waals surface area (Å²) >= 11 is 0. The number of anilines is 1. The molecule has 0 heterocycles. The number of hydrogen-bond acceptors (Lipinski definition) is 2. The Kier molecular flexibility index (Phi) is 2.74. The van der Waals surface area contributed by atoms with Gasteiger partial charge >= 0.3 is 6.03 Å². The van der Waals surface area contributed by atoms with Crippen molar-refractivity contribution in [2.24, 2.45) is 5.73 Å². The topological polar surface area (TPSA) is 64.3 Å². The first-order chi connectivity index (χ1) is 6.13. The molecule has 0 unspecified atom stereocenters. The minimum atomic E-state index is -0.565. The zero-order valence-electron chi connectivity index (χ0n) is 7.63. The molecule has 0 aliphatic heterocycles. The summed E-state index contributed by atoms with van der Waals surface area (Å²) in [5.74, 6) is 0.787. The third kappa shape index (κ3) is 2.37. The molecule has 0 bridgehead atoms. The van der Waals surface area contributed by atoms with Crippen molar-refractivity contribution in [1.29, 1.82) is 0 Å². The summed E-state index contributed by atoms with van der Waals surface area (Å²) < 4.78 is 5.06. The van der Waals surface area contributed by atoms with E-state index in [1.807, 2.05) is 6.92 Å². The van der Waals surface area contributed by atoms with Gasteiger partial charge in [0.15, 0.2) is 0 Å². The molecular weight excluding hydrogens is 168 g/mol. The maximum absolute atomic E-state index is 10.5. The van der Waals surface area contributed by atoms with Crippen LogP contribution in [0.2, 0.25) is 0 Å². The van der Waals surface area contributed by atoms with Crippen LogP contribution in [0.25, 0.3) is 0 Å². The SMILES string of the molecule is COc1ccc(NC(N)=O)cc1C. The van der Waals surface area contributed by atoms with Crippen LogP contribution in [0, 0.1) is 6.92 Å². The van der Waals surface area contributed by atoms with Crippen molar-refractivity contribution in [3.05, 3.63) is 23.8 Å². The van der Waals surface area contributed by atoms with Crippen LogP contribution in [-0.2, 0) is 0 Å². The molecule has 2 amide bonds. The number of nitrogens with one attached hydrogen (secondary N) is 1. The van der Waals surface area contributed by atoms with Crippen molar-refractivity contribution in [1.82, 2.24) is 0 Å². The lowest BCUT2D eigenvalue weighted by atomic mass is 10.2. The Bertz CT molecular complexity index is 323. The Labute approximate surface area is 76.7 Å². The van der Waals surface area contributed by atoms with Crippen LogP contribution < -0.4 is 15.8 Å². The fourth-order valence-corrected chi connectivity index (χ4v) is 1.10. The number of primary amides is 1. The van der Waals surface area contributed by atoms with Gasteiger partial charge in [-0.2, -0.15) is 0 Å². The van der Waals surface area contributed by atoms with Crippen molar-refractivity contribution in [3.8, 4) is 5.75 Å². The number of nitrogens with two attached hydrogens (primary N) is 1. The number of rotatable bonds is 2. The summed E-state index contributed by atoms with van der Waals surface area (Å²) in [6.45, 7) is 1.89. The second-order valence-corrected chi connectivity index (χ2v) is 2.67. The number of carbonyl (C=O) groups excluding carboxylic acids is 1. The van der Waals surface area contributed by atoms with Crippen LogP contribution >= 0.6 is 0 Å². The smallest absolute Gasteiger partial charge is 0.316 e. The fourth-order valence-electron chi connectivity index (χ4n) is 1.10. The summed E-state index contributed by atoms with van der Waals surface area (Å²) in [6.07, 6.45) is 0. The van der Waals surface area contributed by atoms with Gasteiger partial charge in [0, 0.05) is 5.69 Å². The Balaban J connectivity index is 2.89. The first-order valence-electron chi connectivity index (χ1n) is 3.84. The molecule has 0 saturated heterocycles. The van der Waals surface area contributed by atoms with E-state index >= 15 is 0 Å². The largest absolute Gasteiger partial charge is 0.496 e. The molecule has 0 aliphatic carbocycles. The molecule has 0 atom stereocenters. The van der Waals surface area contributed by atoms with Crippen molar-refractivity contribution in [2.45, 2.75) is 6.92 Å². The van der Waals surface area contributed by atoms with Crippen molar-refractivity contribution >= 4 is 11.7 Å². The van der Waals surface area contributed by atoms with E-state index < -0.39 is 6.03 Å². The second-order valence-electron chi connectivity index (χ2n) is 2.67. The molecule has 3 N–H and O–H groups in total. The van der Waals surface area contributed by atoms with E-state index in [9.17, 15) is 4.79 Å². The highest BCUT2D eigenvalue weighted by atomic mass is 16.5. The van der Waals surface area contributed by atoms with Gasteiger partial charge in [0.05, 0.1) is 7.11 Å². The summed E-state index contributed by atoms with van der Waals surface area (Å²) in [7, 11) is 1.60. The molecule has 70 valence electrons. The minimum Gasteiger partial charge on any atom is -0.496 e. The highest BCUT2D eigenvalue weighted by Crippen LogP contribution is 2.20. The molecule has 4 heteroatoms. The van der Waals surface area contributed by atoms with Gasteiger partial charge in [-0.05, 0) is 30.7 Å². The number of aryl methyl sites for hydroxylation is 1. The van der Waals surface area contributed by atoms with Crippen LogP contribution in [0.15, 0.2) is 18.2 Å². The molecule has 0 saturated carbocycles. The molecule has 4 nitrogen and oxygen atoms in total. The van der Waals surface area contributed by atoms with Gasteiger partial charge in [-0.1, -0.05) is 0 Å². The maximum atomic E-state index is 10.5. The predicted octanol–water partition coefficient (Wildman–Crippen LogP) is 1.49. The van der Waals surface area contributed by atoms with Gasteiger partial charge in [0.1, 0.15) is 5.75 Å². The normalized spacial score (nSPS) is 9.38. The molecular formula is C9H12N2O2. The number of urea groups is 1. The standard InChI is InChI=1S/C9H12N2O2/c1-6-5-7(11-9(10)12)3-4-8(6)13-2/h3-5H,1-2H3,(H3,10,11,12). The van der Waals surface area contributed by atoms with Gasteiger partial charge in [-0.15, -0.1) is 0 Å². The monoisotopic (exact) mass is 180 g/mol. The third-order valence-electron chi connectivity index (χ3n) is 1.66. The Morgan fingerprint density at radius 1 is 1.54 bits per heavy atom. The molecule has 1 rings (SSSR count). The van der Waals surface area contributed by atoms with Crippen LogP contribution in [0.4, 0.5) is 10.5 Å². The number of hydrogen-bond donors (Lipinski definition) is 2. The summed E-state index contributed by atoms with van der Waals surface area (Å²) in [4.78, 5) is 10.5. The maximum Gasteiger partial charge on any atom is 0.316 e. The van der Waals surface area contributed by atoms with Gasteiger partial charge in [-0.3, -0.25) is 0 Å². The summed E-state index contributed by atoms with van der Waals surface area (Å²) in [5, 5.41) is 2.48. The Morgan fingerprint density at radius 3 is 2.69 bits per heavy atom. The van der Waals surface area contributed by atoms with Crippen LogP contribution in [0.3, 0.4) is 0 Å². The van der Waals surface area contributed by atoms with Crippen molar-refractivity contribution < 1.29 is 9.53 Å². The van der Waals surface area contributed by atoms with Crippen molar-refractivity contribution in [3.63, 3.8) is 0 Å². The first-order valence-corrected chi connectivity index (χ1v) is 3.84. The molecule has 13 heavy (non-hydrogen) atoms. The fraction of sp³-hybridized carbons (Fsp3) is 0.222. The number of carbonyl (C=O) groups is 1. The highest BCUT2D eigenvalue weighted by molar-refractivity contribution is 5.87. The van der Waals surface area contributed by atoms with E-state index in [0.29, 0.717) is 5.69 Å². The Hall–Kier alpha value is -1.71. The van der Waals surface area contributed by atoms with Gasteiger partial charge in [-0.25, -0.2) is 4.79 Å². The summed E-state index contributed by atoms with van der Waals surface area (Å²) in [5.41, 5.74) is 6.59. The van der Waals surface area contributed by atoms with Crippen molar-refractivity contribution in [2.75, 3.05) is 12.4 Å². The molecule has 0 aliphatic rings. The quantitative estimate of drug-likeness (QED) is 0.724. The molecule has 0 aromatic heterocycles. The van der Waals surface area contributed by atoms with E-state index in [4.69, 9.17) is 10.5 Å². The Morgan fingerprint density at radius 2 is 2.23 bits per heavy atom. The van der Waals surface area contributed by atoms with E-state index in [1.165, 1.54) is 0 Å². The highest BCUT2D eigenvalue weighted by Gasteiger charge is 2.00. The van der Waals surface area contributed by atoms with E-state index in [-0.39, 0.29) is 0 Å². The number of benzene rings is 1. The van der Waals surface area contributed by atoms with Crippen LogP contribution in [-0.4, -0.2) is 13.1 Å². The zero-order valence-corrected chi connectivity index (χ0v) is 7.63. The van der Waals surface area contributed by atoms with E-state index in [2.05, 4.69) is 5.32 Å². The van der Waals surface area contributed by atoms with Crippen LogP contribution in [0.1, 0.15) is 5.56 Å². The van der Waals surface area contributed by atoms with E-state index in [1.54, 1.807) is 25.3 Å². The zero-order chi connectivity index (χ0) is 9.84. The molecule has 1 aromatic rings. The summed E-state index contributed by atoms with van der Waals surface area (Å²) in [6, 6.07) is 4.74. The average molecular weight is 180 g/mol.